The van der Waals surface area contributed by atoms with Crippen molar-refractivity contribution in [3.05, 3.63) is 0 Å². The van der Waals surface area contributed by atoms with Crippen molar-refractivity contribution >= 4 is 11.8 Å². The van der Waals surface area contributed by atoms with E-state index in [0.717, 1.165) is 0 Å². The van der Waals surface area contributed by atoms with Crippen LogP contribution in [-0.4, -0.2) is 28.6 Å². The maximum atomic E-state index is 10.3. The molecule has 0 aliphatic carbocycles. The minimum absolute atomic E-state index is 0.00684. The molecule has 0 unspecified atom stereocenters. The fraction of sp³-hybridized carbons (Fsp3) is 0.667. The molecule has 0 rings (SSSR count). The van der Waals surface area contributed by atoms with E-state index in [9.17, 15) is 9.59 Å². The molecule has 0 heterocycles. The number of rotatable bonds is 5. The maximum Gasteiger partial charge on any atom is 0.372 e. The Morgan fingerprint density at radius 1 is 1.20 bits per heavy atom. The number of aliphatic hydroxyl groups is 1. The molecule has 4 heteroatoms. The number of aliphatic hydroxyl groups excluding tert-OH is 1. The lowest BCUT2D eigenvalue weighted by Gasteiger charge is -1.92. The third-order valence-corrected chi connectivity index (χ3v) is 1.05. The average molecular weight is 146 g/mol. The molecule has 0 radical (unpaired) electrons. The lowest BCUT2D eigenvalue weighted by molar-refractivity contribution is -0.149. The smallest absolute Gasteiger partial charge is 0.372 e. The second-order valence-electron chi connectivity index (χ2n) is 1.91. The van der Waals surface area contributed by atoms with Gasteiger partial charge in [0.05, 0.1) is 0 Å². The van der Waals surface area contributed by atoms with E-state index in [1.807, 2.05) is 0 Å². The largest absolute Gasteiger partial charge is 0.476 e. The van der Waals surface area contributed by atoms with Crippen LogP contribution in [0.4, 0.5) is 0 Å². The third-order valence-electron chi connectivity index (χ3n) is 1.05. The van der Waals surface area contributed by atoms with Crippen molar-refractivity contribution in [3.63, 3.8) is 0 Å². The Balaban J connectivity index is 3.31. The molecule has 4 nitrogen and oxygen atoms in total. The van der Waals surface area contributed by atoms with Crippen LogP contribution in [0.5, 0.6) is 0 Å². The van der Waals surface area contributed by atoms with E-state index in [1.54, 1.807) is 0 Å². The van der Waals surface area contributed by atoms with Gasteiger partial charge in [-0.2, -0.15) is 0 Å². The molecular weight excluding hydrogens is 136 g/mol. The average Bonchev–Trinajstić information content (AvgIpc) is 1.88. The van der Waals surface area contributed by atoms with Crippen LogP contribution in [0, 0.1) is 0 Å². The predicted molar refractivity (Wildman–Crippen MR) is 33.6 cm³/mol. The number of ketones is 1. The zero-order valence-electron chi connectivity index (χ0n) is 5.54. The monoisotopic (exact) mass is 146 g/mol. The molecule has 0 spiro atoms. The van der Waals surface area contributed by atoms with E-state index in [-0.39, 0.29) is 13.0 Å². The lowest BCUT2D eigenvalue weighted by atomic mass is 10.2. The molecule has 0 aliphatic rings. The van der Waals surface area contributed by atoms with Gasteiger partial charge >= 0.3 is 5.97 Å². The Morgan fingerprint density at radius 3 is 2.20 bits per heavy atom. The molecule has 0 aromatic carbocycles. The molecule has 0 fully saturated rings. The Hall–Kier alpha value is -0.900. The van der Waals surface area contributed by atoms with Crippen LogP contribution in [0.2, 0.25) is 0 Å². The Morgan fingerprint density at radius 2 is 1.80 bits per heavy atom. The standard InChI is InChI=1S/C6H10O4/c7-4-2-1-3-5(8)6(9)10/h7H,1-4H2,(H,9,10). The van der Waals surface area contributed by atoms with Gasteiger partial charge in [0, 0.05) is 13.0 Å². The fourth-order valence-electron chi connectivity index (χ4n) is 0.504. The highest BCUT2D eigenvalue weighted by molar-refractivity contribution is 6.32. The highest BCUT2D eigenvalue weighted by atomic mass is 16.4. The molecular formula is C6H10O4. The highest BCUT2D eigenvalue weighted by Crippen LogP contribution is 1.94. The molecule has 10 heavy (non-hydrogen) atoms. The van der Waals surface area contributed by atoms with Gasteiger partial charge in [0.15, 0.2) is 0 Å². The Kier molecular flexibility index (Phi) is 4.49. The molecule has 0 bridgehead atoms. The van der Waals surface area contributed by atoms with Crippen LogP contribution in [0.3, 0.4) is 0 Å². The third kappa shape index (κ3) is 4.03. The summed E-state index contributed by atoms with van der Waals surface area (Å²) in [5.74, 6) is -2.17. The van der Waals surface area contributed by atoms with E-state index in [2.05, 4.69) is 0 Å². The van der Waals surface area contributed by atoms with Crippen molar-refractivity contribution in [2.24, 2.45) is 0 Å². The van der Waals surface area contributed by atoms with Crippen molar-refractivity contribution in [2.75, 3.05) is 6.61 Å². The Labute approximate surface area is 58.5 Å². The van der Waals surface area contributed by atoms with Gasteiger partial charge in [-0.15, -0.1) is 0 Å². The van der Waals surface area contributed by atoms with Crippen LogP contribution in [0.1, 0.15) is 19.3 Å². The summed E-state index contributed by atoms with van der Waals surface area (Å²) in [6, 6.07) is 0. The SMILES string of the molecule is O=C(O)C(=O)CCCCO. The normalized spacial score (nSPS) is 9.30. The molecule has 0 aliphatic heterocycles. The van der Waals surface area contributed by atoms with Gasteiger partial charge in [-0.1, -0.05) is 0 Å². The zero-order chi connectivity index (χ0) is 7.98. The van der Waals surface area contributed by atoms with E-state index >= 15 is 0 Å². The van der Waals surface area contributed by atoms with Crippen molar-refractivity contribution in [1.82, 2.24) is 0 Å². The first-order valence-electron chi connectivity index (χ1n) is 3.05. The molecule has 0 atom stereocenters. The van der Waals surface area contributed by atoms with E-state index in [0.29, 0.717) is 12.8 Å². The molecule has 2 N–H and O–H groups in total. The first-order valence-corrected chi connectivity index (χ1v) is 3.05. The molecule has 0 saturated heterocycles. The van der Waals surface area contributed by atoms with Crippen LogP contribution in [-0.2, 0) is 9.59 Å². The molecule has 0 saturated carbocycles. The molecule has 0 aromatic rings. The number of aliphatic carboxylic acids is 1. The topological polar surface area (TPSA) is 74.6 Å². The second kappa shape index (κ2) is 4.93. The number of hydrogen-bond acceptors (Lipinski definition) is 3. The number of carbonyl (C=O) groups excluding carboxylic acids is 1. The summed E-state index contributed by atoms with van der Waals surface area (Å²) in [7, 11) is 0. The first kappa shape index (κ1) is 9.10. The summed E-state index contributed by atoms with van der Waals surface area (Å²) in [4.78, 5) is 20.2. The number of carboxylic acids is 1. The van der Waals surface area contributed by atoms with Crippen LogP contribution >= 0.6 is 0 Å². The molecule has 0 aromatic heterocycles. The summed E-state index contributed by atoms with van der Waals surface area (Å²) < 4.78 is 0. The van der Waals surface area contributed by atoms with Crippen molar-refractivity contribution in [2.45, 2.75) is 19.3 Å². The summed E-state index contributed by atoms with van der Waals surface area (Å²) in [6.07, 6.45) is 0.955. The number of Topliss-reactive ketones (excluding diaryl/α,β-unsaturated/α-hetero) is 1. The Bertz CT molecular complexity index is 130. The number of carboxylic acid groups (broad SMARTS) is 1. The molecule has 58 valence electrons. The van der Waals surface area contributed by atoms with Crippen LogP contribution in [0.15, 0.2) is 0 Å². The van der Waals surface area contributed by atoms with Gasteiger partial charge < -0.3 is 10.2 Å². The summed E-state index contributed by atoms with van der Waals surface area (Å²) in [5, 5.41) is 16.3. The van der Waals surface area contributed by atoms with Gasteiger partial charge in [-0.3, -0.25) is 4.79 Å². The minimum atomic E-state index is -1.39. The van der Waals surface area contributed by atoms with Gasteiger partial charge in [0.25, 0.3) is 0 Å². The van der Waals surface area contributed by atoms with Crippen LogP contribution < -0.4 is 0 Å². The zero-order valence-corrected chi connectivity index (χ0v) is 5.54. The highest BCUT2D eigenvalue weighted by Gasteiger charge is 2.09. The maximum absolute atomic E-state index is 10.3. The van der Waals surface area contributed by atoms with Crippen molar-refractivity contribution in [3.8, 4) is 0 Å². The van der Waals surface area contributed by atoms with Gasteiger partial charge in [0.2, 0.25) is 5.78 Å². The summed E-state index contributed by atoms with van der Waals surface area (Å²) >= 11 is 0. The fourth-order valence-corrected chi connectivity index (χ4v) is 0.504. The van der Waals surface area contributed by atoms with Gasteiger partial charge in [-0.05, 0) is 12.8 Å². The van der Waals surface area contributed by atoms with Gasteiger partial charge in [-0.25, -0.2) is 4.79 Å². The van der Waals surface area contributed by atoms with Crippen molar-refractivity contribution < 1.29 is 19.8 Å². The summed E-state index contributed by atoms with van der Waals surface area (Å²) in [5.41, 5.74) is 0. The van der Waals surface area contributed by atoms with E-state index in [4.69, 9.17) is 10.2 Å². The van der Waals surface area contributed by atoms with Gasteiger partial charge in [0.1, 0.15) is 0 Å². The predicted octanol–water partition coefficient (Wildman–Crippen LogP) is -0.197. The molecule has 0 amide bonds. The van der Waals surface area contributed by atoms with E-state index < -0.39 is 11.8 Å². The second-order valence-corrected chi connectivity index (χ2v) is 1.91. The van der Waals surface area contributed by atoms with Crippen molar-refractivity contribution in [1.29, 1.82) is 0 Å². The summed E-state index contributed by atoms with van der Waals surface area (Å²) in [6.45, 7) is 0.00684. The lowest BCUT2D eigenvalue weighted by Crippen LogP contribution is -2.11. The minimum Gasteiger partial charge on any atom is -0.476 e. The number of carbonyl (C=O) groups is 2. The number of unbranched alkanes of at least 4 members (excludes halogenated alkanes) is 1. The first-order chi connectivity index (χ1) is 4.68. The number of hydrogen-bond donors (Lipinski definition) is 2. The van der Waals surface area contributed by atoms with Crippen LogP contribution in [0.25, 0.3) is 0 Å². The van der Waals surface area contributed by atoms with E-state index in [1.165, 1.54) is 0 Å². The quantitative estimate of drug-likeness (QED) is 0.416.